The van der Waals surface area contributed by atoms with Crippen molar-refractivity contribution >= 4 is 21.9 Å². The van der Waals surface area contributed by atoms with Crippen molar-refractivity contribution in [3.63, 3.8) is 0 Å². The first kappa shape index (κ1) is 21.1. The molecule has 0 saturated heterocycles. The van der Waals surface area contributed by atoms with Crippen molar-refractivity contribution in [2.24, 2.45) is 0 Å². The third-order valence-corrected chi connectivity index (χ3v) is 5.70. The van der Waals surface area contributed by atoms with Crippen LogP contribution < -0.4 is 0 Å². The third-order valence-electron chi connectivity index (χ3n) is 5.70. The molecule has 0 bridgehead atoms. The van der Waals surface area contributed by atoms with E-state index in [1.54, 1.807) is 37.3 Å². The number of nitrogens with one attached hydrogen (secondary N) is 2. The maximum Gasteiger partial charge on any atom is 0.161 e. The van der Waals surface area contributed by atoms with Crippen LogP contribution in [-0.4, -0.2) is 63.7 Å². The van der Waals surface area contributed by atoms with Crippen LogP contribution in [0.5, 0.6) is 0 Å². The lowest BCUT2D eigenvalue weighted by Crippen LogP contribution is -2.10. The van der Waals surface area contributed by atoms with Gasteiger partial charge >= 0.3 is 0 Å². The molecule has 0 unspecified atom stereocenters. The van der Waals surface area contributed by atoms with E-state index >= 15 is 4.39 Å². The van der Waals surface area contributed by atoms with Gasteiger partial charge in [0.2, 0.25) is 0 Å². The minimum absolute atomic E-state index is 0.209. The van der Waals surface area contributed by atoms with Crippen molar-refractivity contribution in [1.82, 2.24) is 49.6 Å². The molecule has 0 fully saturated rings. The molecule has 6 aromatic heterocycles. The highest BCUT2D eigenvalue weighted by Crippen LogP contribution is 2.33. The van der Waals surface area contributed by atoms with Crippen LogP contribution in [0.1, 0.15) is 11.3 Å². The molecule has 0 aromatic carbocycles. The summed E-state index contributed by atoms with van der Waals surface area (Å²) in [5.41, 5.74) is 5.63. The van der Waals surface area contributed by atoms with Crippen LogP contribution in [0.15, 0.2) is 49.6 Å². The van der Waals surface area contributed by atoms with Crippen molar-refractivity contribution in [3.05, 3.63) is 66.6 Å². The smallest absolute Gasteiger partial charge is 0.161 e. The molecular formula is C24H21FN10. The van der Waals surface area contributed by atoms with Gasteiger partial charge in [0.05, 0.1) is 52.7 Å². The molecule has 35 heavy (non-hydrogen) atoms. The normalized spacial score (nSPS) is 11.8. The number of nitrogens with zero attached hydrogens (tertiary/aromatic N) is 8. The Kier molecular flexibility index (Phi) is 4.85. The van der Waals surface area contributed by atoms with Crippen LogP contribution in [0.4, 0.5) is 4.39 Å². The zero-order valence-electron chi connectivity index (χ0n) is 19.3. The Morgan fingerprint density at radius 1 is 1.00 bits per heavy atom. The molecule has 11 heteroatoms. The fourth-order valence-electron chi connectivity index (χ4n) is 4.19. The van der Waals surface area contributed by atoms with Crippen molar-refractivity contribution in [1.29, 1.82) is 0 Å². The van der Waals surface area contributed by atoms with Crippen molar-refractivity contribution < 1.29 is 4.39 Å². The molecule has 174 valence electrons. The van der Waals surface area contributed by atoms with Gasteiger partial charge < -0.3 is 14.5 Å². The topological polar surface area (TPSA) is 117 Å². The second-order valence-corrected chi connectivity index (χ2v) is 8.66. The Bertz CT molecular complexity index is 1690. The van der Waals surface area contributed by atoms with Gasteiger partial charge in [0.25, 0.3) is 0 Å². The molecule has 6 heterocycles. The molecule has 10 nitrogen and oxygen atoms in total. The van der Waals surface area contributed by atoms with Crippen LogP contribution in [-0.2, 0) is 6.54 Å². The van der Waals surface area contributed by atoms with Crippen molar-refractivity contribution in [2.45, 2.75) is 13.5 Å². The van der Waals surface area contributed by atoms with E-state index < -0.39 is 5.82 Å². The van der Waals surface area contributed by atoms with E-state index in [1.807, 2.05) is 42.7 Å². The number of H-pyrrole nitrogens is 2. The van der Waals surface area contributed by atoms with Gasteiger partial charge in [-0.3, -0.25) is 20.1 Å². The van der Waals surface area contributed by atoms with E-state index in [-0.39, 0.29) is 5.69 Å². The average Bonchev–Trinajstić information content (AvgIpc) is 3.56. The summed E-state index contributed by atoms with van der Waals surface area (Å²) in [4.78, 5) is 27.2. The lowest BCUT2D eigenvalue weighted by molar-refractivity contribution is 0.402. The van der Waals surface area contributed by atoms with Gasteiger partial charge in [-0.05, 0) is 32.6 Å². The fourth-order valence-corrected chi connectivity index (χ4v) is 4.19. The number of hydrogen-bond acceptors (Lipinski definition) is 7. The second-order valence-electron chi connectivity index (χ2n) is 8.66. The van der Waals surface area contributed by atoms with E-state index in [9.17, 15) is 0 Å². The molecular weight excluding hydrogens is 447 g/mol. The molecule has 2 N–H and O–H groups in total. The number of fused-ring (bicyclic) bond motifs is 2. The Labute approximate surface area is 198 Å². The number of aryl methyl sites for hydroxylation is 1. The number of halogens is 1. The summed E-state index contributed by atoms with van der Waals surface area (Å²) in [7, 11) is 3.94. The Morgan fingerprint density at radius 2 is 1.86 bits per heavy atom. The Balaban J connectivity index is 1.49. The lowest BCUT2D eigenvalue weighted by atomic mass is 10.1. The van der Waals surface area contributed by atoms with E-state index in [0.29, 0.717) is 45.6 Å². The molecule has 6 rings (SSSR count). The molecule has 0 atom stereocenters. The number of aromatic nitrogens is 9. The van der Waals surface area contributed by atoms with Crippen LogP contribution in [0.3, 0.4) is 0 Å². The SMILES string of the molecule is Cc1cn(-c2cncc3[nH]c(-c4n[nH]c5cnc(-c6cncc(CN(C)C)c6)c(F)c45)nc23)cn1. The summed E-state index contributed by atoms with van der Waals surface area (Å²) in [6, 6.07) is 1.90. The zero-order chi connectivity index (χ0) is 24.1. The molecule has 0 amide bonds. The summed E-state index contributed by atoms with van der Waals surface area (Å²) in [6.07, 6.45) is 12.0. The summed E-state index contributed by atoms with van der Waals surface area (Å²) in [6.45, 7) is 2.60. The number of aromatic amines is 2. The Hall–Kier alpha value is -4.51. The van der Waals surface area contributed by atoms with Crippen LogP contribution in [0.2, 0.25) is 0 Å². The first-order chi connectivity index (χ1) is 17.0. The monoisotopic (exact) mass is 468 g/mol. The first-order valence-corrected chi connectivity index (χ1v) is 10.9. The minimum Gasteiger partial charge on any atom is -0.335 e. The van der Waals surface area contributed by atoms with E-state index in [0.717, 1.165) is 16.9 Å². The van der Waals surface area contributed by atoms with Crippen molar-refractivity contribution in [2.75, 3.05) is 14.1 Å². The number of rotatable bonds is 5. The van der Waals surface area contributed by atoms with Gasteiger partial charge in [-0.25, -0.2) is 14.4 Å². The van der Waals surface area contributed by atoms with Gasteiger partial charge in [-0.15, -0.1) is 0 Å². The van der Waals surface area contributed by atoms with Gasteiger partial charge in [-0.2, -0.15) is 5.10 Å². The fraction of sp³-hybridized carbons (Fsp3) is 0.167. The Morgan fingerprint density at radius 3 is 2.66 bits per heavy atom. The maximum atomic E-state index is 15.9. The van der Waals surface area contributed by atoms with Gasteiger partial charge in [0, 0.05) is 30.7 Å². The molecule has 0 aliphatic heterocycles. The predicted molar refractivity (Wildman–Crippen MR) is 129 cm³/mol. The third kappa shape index (κ3) is 3.62. The highest BCUT2D eigenvalue weighted by molar-refractivity contribution is 5.96. The summed E-state index contributed by atoms with van der Waals surface area (Å²) in [5.74, 6) is -0.0630. The summed E-state index contributed by atoms with van der Waals surface area (Å²) < 4.78 is 17.8. The molecule has 0 spiro atoms. The molecule has 6 aromatic rings. The minimum atomic E-state index is -0.487. The van der Waals surface area contributed by atoms with E-state index in [4.69, 9.17) is 4.98 Å². The van der Waals surface area contributed by atoms with Gasteiger partial charge in [0.15, 0.2) is 11.6 Å². The number of imidazole rings is 2. The number of pyridine rings is 3. The largest absolute Gasteiger partial charge is 0.335 e. The zero-order valence-corrected chi connectivity index (χ0v) is 19.3. The molecule has 0 saturated carbocycles. The van der Waals surface area contributed by atoms with Crippen LogP contribution >= 0.6 is 0 Å². The van der Waals surface area contributed by atoms with Crippen molar-refractivity contribution in [3.8, 4) is 28.5 Å². The average molecular weight is 469 g/mol. The quantitative estimate of drug-likeness (QED) is 0.397. The lowest BCUT2D eigenvalue weighted by Gasteiger charge is -2.10. The predicted octanol–water partition coefficient (Wildman–Crippen LogP) is 3.65. The molecule has 0 aliphatic rings. The second kappa shape index (κ2) is 8.06. The highest BCUT2D eigenvalue weighted by Gasteiger charge is 2.21. The first-order valence-electron chi connectivity index (χ1n) is 10.9. The standard InChI is InChI=1S/C24H21FN10/c1-13-10-35(12-29-13)18-9-27-7-17-22(18)31-24(30-17)23-19-16(32-33-23)8-28-21(20(19)25)15-4-14(5-26-6-15)11-34(2)3/h4-10,12H,11H2,1-3H3,(H,30,31)(H,32,33). The summed E-state index contributed by atoms with van der Waals surface area (Å²) in [5, 5.41) is 7.54. The number of hydrogen-bond donors (Lipinski definition) is 2. The molecule has 0 aliphatic carbocycles. The molecule has 0 radical (unpaired) electrons. The van der Waals surface area contributed by atoms with Gasteiger partial charge in [-0.1, -0.05) is 0 Å². The van der Waals surface area contributed by atoms with Crippen LogP contribution in [0, 0.1) is 12.7 Å². The van der Waals surface area contributed by atoms with Gasteiger partial charge in [0.1, 0.15) is 16.9 Å². The summed E-state index contributed by atoms with van der Waals surface area (Å²) >= 11 is 0. The van der Waals surface area contributed by atoms with Crippen LogP contribution in [0.25, 0.3) is 50.4 Å². The van der Waals surface area contributed by atoms with E-state index in [2.05, 4.69) is 35.1 Å². The highest BCUT2D eigenvalue weighted by atomic mass is 19.1. The van der Waals surface area contributed by atoms with E-state index in [1.165, 1.54) is 0 Å². The maximum absolute atomic E-state index is 15.9.